The summed E-state index contributed by atoms with van der Waals surface area (Å²) >= 11 is 0. The van der Waals surface area contributed by atoms with Crippen LogP contribution in [0.4, 0.5) is 4.79 Å². The molecule has 104 valence electrons. The summed E-state index contributed by atoms with van der Waals surface area (Å²) in [6.45, 7) is 5.97. The molecule has 3 unspecified atom stereocenters. The van der Waals surface area contributed by atoms with Gasteiger partial charge in [0, 0.05) is 19.2 Å². The van der Waals surface area contributed by atoms with Gasteiger partial charge in [0.15, 0.2) is 0 Å². The molecule has 2 rings (SSSR count). The van der Waals surface area contributed by atoms with Crippen LogP contribution >= 0.6 is 0 Å². The van der Waals surface area contributed by atoms with E-state index in [-0.39, 0.29) is 18.2 Å². The van der Waals surface area contributed by atoms with Gasteiger partial charge in [0.1, 0.15) is 0 Å². The first-order valence-corrected chi connectivity index (χ1v) is 7.41. The average molecular weight is 254 g/mol. The van der Waals surface area contributed by atoms with Crippen LogP contribution in [0.5, 0.6) is 0 Å². The minimum atomic E-state index is 0.101. The summed E-state index contributed by atoms with van der Waals surface area (Å²) in [6, 6.07) is 0.652. The lowest BCUT2D eigenvalue weighted by molar-refractivity contribution is 0.0797. The molecule has 2 aliphatic heterocycles. The third kappa shape index (κ3) is 3.16. The van der Waals surface area contributed by atoms with Crippen LogP contribution in [-0.2, 0) is 4.74 Å². The summed E-state index contributed by atoms with van der Waals surface area (Å²) in [7, 11) is 0. The molecule has 2 amide bonds. The van der Waals surface area contributed by atoms with E-state index in [4.69, 9.17) is 4.74 Å². The number of hydrogen-bond donors (Lipinski definition) is 1. The van der Waals surface area contributed by atoms with E-state index in [0.29, 0.717) is 6.04 Å². The zero-order valence-corrected chi connectivity index (χ0v) is 11.7. The van der Waals surface area contributed by atoms with Gasteiger partial charge < -0.3 is 15.0 Å². The monoisotopic (exact) mass is 254 g/mol. The lowest BCUT2D eigenvalue weighted by atomic mass is 10.0. The van der Waals surface area contributed by atoms with Crippen molar-refractivity contribution in [1.82, 2.24) is 10.2 Å². The summed E-state index contributed by atoms with van der Waals surface area (Å²) in [5.74, 6) is 0. The number of urea groups is 1. The van der Waals surface area contributed by atoms with Gasteiger partial charge in [-0.3, -0.25) is 0 Å². The predicted molar refractivity (Wildman–Crippen MR) is 71.6 cm³/mol. The molecule has 2 aliphatic rings. The Morgan fingerprint density at radius 1 is 1.39 bits per heavy atom. The van der Waals surface area contributed by atoms with Crippen molar-refractivity contribution in [2.75, 3.05) is 13.2 Å². The van der Waals surface area contributed by atoms with E-state index in [0.717, 1.165) is 45.3 Å². The van der Waals surface area contributed by atoms with Gasteiger partial charge in [0.05, 0.1) is 12.1 Å². The quantitative estimate of drug-likeness (QED) is 0.841. The molecule has 4 heteroatoms. The van der Waals surface area contributed by atoms with Crippen LogP contribution in [0.2, 0.25) is 0 Å². The normalized spacial score (nSPS) is 30.2. The zero-order chi connectivity index (χ0) is 13.0. The average Bonchev–Trinajstić information content (AvgIpc) is 2.92. The molecule has 0 aromatic rings. The number of carbonyl (C=O) groups excluding carboxylic acids is 1. The lowest BCUT2D eigenvalue weighted by Crippen LogP contribution is -2.52. The van der Waals surface area contributed by atoms with Gasteiger partial charge in [0.2, 0.25) is 0 Å². The predicted octanol–water partition coefficient (Wildman–Crippen LogP) is 2.53. The number of ether oxygens (including phenoxy) is 1. The highest BCUT2D eigenvalue weighted by atomic mass is 16.5. The van der Waals surface area contributed by atoms with Crippen LogP contribution in [0.25, 0.3) is 0 Å². The van der Waals surface area contributed by atoms with E-state index < -0.39 is 0 Å². The number of hydrogen-bond acceptors (Lipinski definition) is 2. The van der Waals surface area contributed by atoms with Crippen molar-refractivity contribution < 1.29 is 9.53 Å². The van der Waals surface area contributed by atoms with Crippen molar-refractivity contribution in [3.63, 3.8) is 0 Å². The number of piperidine rings is 1. The fraction of sp³-hybridized carbons (Fsp3) is 0.929. The van der Waals surface area contributed by atoms with E-state index in [2.05, 4.69) is 19.2 Å². The summed E-state index contributed by atoms with van der Waals surface area (Å²) in [5, 5.41) is 3.12. The molecule has 0 aromatic heterocycles. The topological polar surface area (TPSA) is 41.6 Å². The Kier molecular flexibility index (Phi) is 4.87. The molecule has 0 saturated carbocycles. The molecule has 1 N–H and O–H groups in total. The minimum Gasteiger partial charge on any atom is -0.376 e. The fourth-order valence-electron chi connectivity index (χ4n) is 3.06. The standard InChI is InChI=1S/C14H26N2O2/c1-3-12-7-4-5-9-16(12)14(17)15-11(2)13-8-6-10-18-13/h11-13H,3-10H2,1-2H3,(H,15,17). The number of nitrogens with zero attached hydrogens (tertiary/aromatic N) is 1. The van der Waals surface area contributed by atoms with Gasteiger partial charge in [-0.15, -0.1) is 0 Å². The molecule has 0 radical (unpaired) electrons. The van der Waals surface area contributed by atoms with Crippen molar-refractivity contribution in [1.29, 1.82) is 0 Å². The number of rotatable bonds is 3. The molecule has 2 heterocycles. The first-order chi connectivity index (χ1) is 8.72. The molecule has 0 aliphatic carbocycles. The molecule has 2 saturated heterocycles. The third-order valence-corrected chi connectivity index (χ3v) is 4.23. The first kappa shape index (κ1) is 13.7. The molecule has 2 fully saturated rings. The second-order valence-corrected chi connectivity index (χ2v) is 5.54. The van der Waals surface area contributed by atoms with Crippen molar-refractivity contribution >= 4 is 6.03 Å². The number of amides is 2. The maximum absolute atomic E-state index is 12.3. The number of likely N-dealkylation sites (tertiary alicyclic amines) is 1. The Morgan fingerprint density at radius 3 is 2.89 bits per heavy atom. The SMILES string of the molecule is CCC1CCCCN1C(=O)NC(C)C1CCCO1. The van der Waals surface area contributed by atoms with Crippen molar-refractivity contribution in [3.8, 4) is 0 Å². The smallest absolute Gasteiger partial charge is 0.317 e. The summed E-state index contributed by atoms with van der Waals surface area (Å²) in [4.78, 5) is 14.3. The second-order valence-electron chi connectivity index (χ2n) is 5.54. The van der Waals surface area contributed by atoms with Gasteiger partial charge in [0.25, 0.3) is 0 Å². The van der Waals surface area contributed by atoms with Crippen molar-refractivity contribution in [2.24, 2.45) is 0 Å². The molecule has 4 nitrogen and oxygen atoms in total. The highest BCUT2D eigenvalue weighted by Crippen LogP contribution is 2.20. The summed E-state index contributed by atoms with van der Waals surface area (Å²) in [5.41, 5.74) is 0. The molecular weight excluding hydrogens is 228 g/mol. The first-order valence-electron chi connectivity index (χ1n) is 7.41. The molecule has 0 aromatic carbocycles. The Morgan fingerprint density at radius 2 is 2.22 bits per heavy atom. The second kappa shape index (κ2) is 6.41. The Labute approximate surface area is 110 Å². The van der Waals surface area contributed by atoms with E-state index >= 15 is 0 Å². The van der Waals surface area contributed by atoms with Crippen LogP contribution in [0.1, 0.15) is 52.4 Å². The third-order valence-electron chi connectivity index (χ3n) is 4.23. The van der Waals surface area contributed by atoms with Crippen LogP contribution < -0.4 is 5.32 Å². The molecular formula is C14H26N2O2. The molecule has 3 atom stereocenters. The minimum absolute atomic E-state index is 0.101. The van der Waals surface area contributed by atoms with Crippen molar-refractivity contribution in [2.45, 2.75) is 70.6 Å². The lowest BCUT2D eigenvalue weighted by Gasteiger charge is -2.36. The summed E-state index contributed by atoms with van der Waals surface area (Å²) in [6.07, 6.45) is 6.99. The van der Waals surface area contributed by atoms with Crippen LogP contribution in [0.15, 0.2) is 0 Å². The highest BCUT2D eigenvalue weighted by Gasteiger charge is 2.29. The Balaban J connectivity index is 1.85. The van der Waals surface area contributed by atoms with E-state index in [1.165, 1.54) is 6.42 Å². The maximum atomic E-state index is 12.3. The Hall–Kier alpha value is -0.770. The van der Waals surface area contributed by atoms with Gasteiger partial charge in [-0.25, -0.2) is 4.79 Å². The van der Waals surface area contributed by atoms with Crippen molar-refractivity contribution in [3.05, 3.63) is 0 Å². The van der Waals surface area contributed by atoms with E-state index in [9.17, 15) is 4.79 Å². The van der Waals surface area contributed by atoms with Gasteiger partial charge in [-0.2, -0.15) is 0 Å². The number of nitrogens with one attached hydrogen (secondary N) is 1. The zero-order valence-electron chi connectivity index (χ0n) is 11.7. The van der Waals surface area contributed by atoms with Crippen LogP contribution in [0, 0.1) is 0 Å². The van der Waals surface area contributed by atoms with Crippen LogP contribution in [-0.4, -0.2) is 42.3 Å². The fourth-order valence-corrected chi connectivity index (χ4v) is 3.06. The van der Waals surface area contributed by atoms with Gasteiger partial charge in [-0.1, -0.05) is 6.92 Å². The Bertz CT molecular complexity index is 277. The van der Waals surface area contributed by atoms with Gasteiger partial charge >= 0.3 is 6.03 Å². The van der Waals surface area contributed by atoms with E-state index in [1.54, 1.807) is 0 Å². The molecule has 18 heavy (non-hydrogen) atoms. The molecule has 0 spiro atoms. The van der Waals surface area contributed by atoms with E-state index in [1.807, 2.05) is 4.90 Å². The molecule has 0 bridgehead atoms. The highest BCUT2D eigenvalue weighted by molar-refractivity contribution is 5.75. The summed E-state index contributed by atoms with van der Waals surface area (Å²) < 4.78 is 5.62. The van der Waals surface area contributed by atoms with Gasteiger partial charge in [-0.05, 0) is 45.4 Å². The number of carbonyl (C=O) groups is 1. The van der Waals surface area contributed by atoms with Crippen LogP contribution in [0.3, 0.4) is 0 Å². The largest absolute Gasteiger partial charge is 0.376 e. The maximum Gasteiger partial charge on any atom is 0.317 e.